The highest BCUT2D eigenvalue weighted by Crippen LogP contribution is 2.18. The molecule has 1 aliphatic heterocycles. The number of aryl methyl sites for hydroxylation is 1. The zero-order chi connectivity index (χ0) is 18.5. The summed E-state index contributed by atoms with van der Waals surface area (Å²) in [5, 5.41) is 2.89. The molecule has 0 aliphatic carbocycles. The largest absolute Gasteiger partial charge is 0.497 e. The third kappa shape index (κ3) is 4.62. The maximum atomic E-state index is 12.5. The first-order valence-electron chi connectivity index (χ1n) is 8.57. The van der Waals surface area contributed by atoms with Gasteiger partial charge in [-0.25, -0.2) is 0 Å². The lowest BCUT2D eigenvalue weighted by Gasteiger charge is -2.34. The van der Waals surface area contributed by atoms with Crippen molar-refractivity contribution in [3.05, 3.63) is 46.2 Å². The van der Waals surface area contributed by atoms with Crippen LogP contribution in [0.3, 0.4) is 0 Å². The minimum Gasteiger partial charge on any atom is -0.497 e. The van der Waals surface area contributed by atoms with Crippen molar-refractivity contribution >= 4 is 28.8 Å². The lowest BCUT2D eigenvalue weighted by atomic mass is 10.2. The number of methoxy groups -OCH3 is 1. The van der Waals surface area contributed by atoms with Gasteiger partial charge >= 0.3 is 0 Å². The van der Waals surface area contributed by atoms with Crippen LogP contribution in [0, 0.1) is 6.92 Å². The summed E-state index contributed by atoms with van der Waals surface area (Å²) < 4.78 is 5.11. The predicted octanol–water partition coefficient (Wildman–Crippen LogP) is 2.46. The molecule has 138 valence electrons. The summed E-state index contributed by atoms with van der Waals surface area (Å²) in [5.41, 5.74) is 0.748. The zero-order valence-electron chi connectivity index (χ0n) is 15.0. The average Bonchev–Trinajstić information content (AvgIpc) is 3.09. The molecule has 1 N–H and O–H groups in total. The number of hydrogen-bond donors (Lipinski definition) is 1. The highest BCUT2D eigenvalue weighted by molar-refractivity contribution is 7.13. The summed E-state index contributed by atoms with van der Waals surface area (Å²) in [5.74, 6) is 0.791. The highest BCUT2D eigenvalue weighted by Gasteiger charge is 2.24. The van der Waals surface area contributed by atoms with E-state index in [1.165, 1.54) is 11.3 Å². The summed E-state index contributed by atoms with van der Waals surface area (Å²) in [4.78, 5) is 30.5. The van der Waals surface area contributed by atoms with Gasteiger partial charge < -0.3 is 15.0 Å². The molecule has 0 unspecified atom stereocenters. The average molecular weight is 373 g/mol. The van der Waals surface area contributed by atoms with E-state index in [0.29, 0.717) is 32.7 Å². The molecular formula is C19H23N3O3S. The number of carbonyl (C=O) groups excluding carboxylic acids is 2. The highest BCUT2D eigenvalue weighted by atomic mass is 32.1. The zero-order valence-corrected chi connectivity index (χ0v) is 15.8. The fraction of sp³-hybridized carbons (Fsp3) is 0.368. The van der Waals surface area contributed by atoms with Gasteiger partial charge in [0, 0.05) is 36.7 Å². The van der Waals surface area contributed by atoms with Gasteiger partial charge in [0.2, 0.25) is 5.91 Å². The van der Waals surface area contributed by atoms with E-state index in [-0.39, 0.29) is 11.8 Å². The second-order valence-corrected chi connectivity index (χ2v) is 7.54. The van der Waals surface area contributed by atoms with Crippen LogP contribution in [-0.2, 0) is 4.79 Å². The smallest absolute Gasteiger partial charge is 0.264 e. The first kappa shape index (κ1) is 18.4. The topological polar surface area (TPSA) is 61.9 Å². The van der Waals surface area contributed by atoms with Gasteiger partial charge in [0.05, 0.1) is 18.5 Å². The Labute approximate surface area is 157 Å². The van der Waals surface area contributed by atoms with Gasteiger partial charge in [-0.05, 0) is 43.3 Å². The molecule has 1 saturated heterocycles. The summed E-state index contributed by atoms with van der Waals surface area (Å²) >= 11 is 1.53. The molecule has 1 aromatic carbocycles. The van der Waals surface area contributed by atoms with E-state index in [0.717, 1.165) is 21.2 Å². The number of anilines is 1. The molecule has 0 saturated carbocycles. The number of amides is 2. The van der Waals surface area contributed by atoms with Crippen LogP contribution < -0.4 is 10.1 Å². The SMILES string of the molecule is COc1ccc(NC(=O)CN2CCN(C(=O)c3ccc(C)s3)CC2)cc1. The minimum atomic E-state index is -0.0520. The van der Waals surface area contributed by atoms with Gasteiger partial charge in [0.25, 0.3) is 5.91 Å². The quantitative estimate of drug-likeness (QED) is 0.875. The fourth-order valence-electron chi connectivity index (χ4n) is 2.89. The Morgan fingerprint density at radius 3 is 2.35 bits per heavy atom. The first-order valence-corrected chi connectivity index (χ1v) is 9.39. The molecule has 3 rings (SSSR count). The van der Waals surface area contributed by atoms with E-state index in [9.17, 15) is 9.59 Å². The van der Waals surface area contributed by atoms with E-state index in [4.69, 9.17) is 4.74 Å². The van der Waals surface area contributed by atoms with Crippen molar-refractivity contribution in [1.82, 2.24) is 9.80 Å². The van der Waals surface area contributed by atoms with Crippen molar-refractivity contribution in [3.63, 3.8) is 0 Å². The number of carbonyl (C=O) groups is 2. The number of thiophene rings is 1. The van der Waals surface area contributed by atoms with Crippen LogP contribution in [-0.4, -0.2) is 61.4 Å². The number of rotatable bonds is 5. The molecule has 0 radical (unpaired) electrons. The van der Waals surface area contributed by atoms with E-state index < -0.39 is 0 Å². The number of benzene rings is 1. The van der Waals surface area contributed by atoms with Crippen LogP contribution in [0.2, 0.25) is 0 Å². The van der Waals surface area contributed by atoms with Crippen LogP contribution in [0.4, 0.5) is 5.69 Å². The summed E-state index contributed by atoms with van der Waals surface area (Å²) in [7, 11) is 1.61. The van der Waals surface area contributed by atoms with Crippen molar-refractivity contribution in [1.29, 1.82) is 0 Å². The summed E-state index contributed by atoms with van der Waals surface area (Å²) in [6.07, 6.45) is 0. The molecule has 0 atom stereocenters. The molecule has 1 aliphatic rings. The molecule has 7 heteroatoms. The molecule has 0 bridgehead atoms. The van der Waals surface area contributed by atoms with Gasteiger partial charge in [-0.1, -0.05) is 0 Å². The van der Waals surface area contributed by atoms with Crippen LogP contribution in [0.1, 0.15) is 14.5 Å². The monoisotopic (exact) mass is 373 g/mol. The second kappa shape index (κ2) is 8.33. The Hall–Kier alpha value is -2.38. The Balaban J connectivity index is 1.45. The number of nitrogens with zero attached hydrogens (tertiary/aromatic N) is 2. The molecule has 1 aromatic heterocycles. The number of hydrogen-bond acceptors (Lipinski definition) is 5. The Bertz CT molecular complexity index is 765. The lowest BCUT2D eigenvalue weighted by Crippen LogP contribution is -2.50. The van der Waals surface area contributed by atoms with Gasteiger partial charge in [0.15, 0.2) is 0 Å². The lowest BCUT2D eigenvalue weighted by molar-refractivity contribution is -0.117. The second-order valence-electron chi connectivity index (χ2n) is 6.26. The minimum absolute atomic E-state index is 0.0520. The molecular weight excluding hydrogens is 350 g/mol. The standard InChI is InChI=1S/C19H23N3O3S/c1-14-3-8-17(26-14)19(24)22-11-9-21(10-12-22)13-18(23)20-15-4-6-16(25-2)7-5-15/h3-8H,9-13H2,1-2H3,(H,20,23). The van der Waals surface area contributed by atoms with Gasteiger partial charge in [-0.15, -0.1) is 11.3 Å². The number of piperazine rings is 1. The van der Waals surface area contributed by atoms with E-state index >= 15 is 0 Å². The van der Waals surface area contributed by atoms with Crippen LogP contribution in [0.25, 0.3) is 0 Å². The van der Waals surface area contributed by atoms with Crippen LogP contribution in [0.15, 0.2) is 36.4 Å². The summed E-state index contributed by atoms with van der Waals surface area (Å²) in [6, 6.07) is 11.1. The molecule has 2 aromatic rings. The molecule has 0 spiro atoms. The van der Waals surface area contributed by atoms with E-state index in [2.05, 4.69) is 10.2 Å². The van der Waals surface area contributed by atoms with Gasteiger partial charge in [-0.3, -0.25) is 14.5 Å². The predicted molar refractivity (Wildman–Crippen MR) is 103 cm³/mol. The van der Waals surface area contributed by atoms with Crippen LogP contribution >= 0.6 is 11.3 Å². The van der Waals surface area contributed by atoms with Crippen LogP contribution in [0.5, 0.6) is 5.75 Å². The molecule has 26 heavy (non-hydrogen) atoms. The fourth-order valence-corrected chi connectivity index (χ4v) is 3.73. The summed E-state index contributed by atoms with van der Waals surface area (Å²) in [6.45, 7) is 5.02. The van der Waals surface area contributed by atoms with Crippen molar-refractivity contribution in [2.24, 2.45) is 0 Å². The number of ether oxygens (including phenoxy) is 1. The Kier molecular flexibility index (Phi) is 5.90. The Morgan fingerprint density at radius 2 is 1.77 bits per heavy atom. The third-order valence-corrected chi connectivity index (χ3v) is 5.34. The third-order valence-electron chi connectivity index (χ3n) is 4.35. The number of nitrogens with one attached hydrogen (secondary N) is 1. The van der Waals surface area contributed by atoms with Crippen molar-refractivity contribution < 1.29 is 14.3 Å². The molecule has 6 nitrogen and oxygen atoms in total. The Morgan fingerprint density at radius 1 is 1.08 bits per heavy atom. The molecule has 2 amide bonds. The maximum Gasteiger partial charge on any atom is 0.264 e. The first-order chi connectivity index (χ1) is 12.5. The van der Waals surface area contributed by atoms with Crippen molar-refractivity contribution in [2.45, 2.75) is 6.92 Å². The molecule has 1 fully saturated rings. The maximum absolute atomic E-state index is 12.5. The van der Waals surface area contributed by atoms with E-state index in [1.807, 2.05) is 48.2 Å². The van der Waals surface area contributed by atoms with Crippen molar-refractivity contribution in [3.8, 4) is 5.75 Å². The van der Waals surface area contributed by atoms with Gasteiger partial charge in [0.1, 0.15) is 5.75 Å². The normalized spacial score (nSPS) is 14.9. The van der Waals surface area contributed by atoms with Gasteiger partial charge in [-0.2, -0.15) is 0 Å². The van der Waals surface area contributed by atoms with E-state index in [1.54, 1.807) is 7.11 Å². The molecule has 2 heterocycles. The van der Waals surface area contributed by atoms with Crippen molar-refractivity contribution in [2.75, 3.05) is 45.2 Å².